The highest BCUT2D eigenvalue weighted by Crippen LogP contribution is 2.21. The van der Waals surface area contributed by atoms with Crippen molar-refractivity contribution in [2.45, 2.75) is 20.3 Å². The van der Waals surface area contributed by atoms with Crippen LogP contribution in [0.2, 0.25) is 0 Å². The molecule has 1 aliphatic heterocycles. The third-order valence-corrected chi connectivity index (χ3v) is 3.67. The standard InChI is InChI=1S/C15H22N2O3/c1-12-9-13(2)11-16(10-12)7-8-20-15-5-3-14(4-6-15)17(18)19/h3-6,12-13H,7-11H2,1-2H3. The third kappa shape index (κ3) is 4.20. The average molecular weight is 278 g/mol. The number of piperidine rings is 1. The largest absolute Gasteiger partial charge is 0.492 e. The molecular weight excluding hydrogens is 256 g/mol. The SMILES string of the molecule is CC1CC(C)CN(CCOc2ccc([N+](=O)[O-])cc2)C1. The second kappa shape index (κ2) is 6.70. The molecule has 1 heterocycles. The Morgan fingerprint density at radius 2 is 1.85 bits per heavy atom. The molecule has 0 aromatic heterocycles. The minimum absolute atomic E-state index is 0.0935. The first-order chi connectivity index (χ1) is 9.54. The minimum atomic E-state index is -0.402. The Morgan fingerprint density at radius 1 is 1.25 bits per heavy atom. The van der Waals surface area contributed by atoms with Gasteiger partial charge in [-0.05, 0) is 30.4 Å². The number of nitro groups is 1. The molecule has 0 N–H and O–H groups in total. The first kappa shape index (κ1) is 14.8. The zero-order chi connectivity index (χ0) is 14.5. The molecule has 1 saturated heterocycles. The Kier molecular flexibility index (Phi) is 4.95. The predicted molar refractivity (Wildman–Crippen MR) is 78.0 cm³/mol. The van der Waals surface area contributed by atoms with Crippen LogP contribution in [-0.4, -0.2) is 36.1 Å². The molecular formula is C15H22N2O3. The molecule has 1 aromatic rings. The van der Waals surface area contributed by atoms with Crippen molar-refractivity contribution < 1.29 is 9.66 Å². The van der Waals surface area contributed by atoms with E-state index in [0.717, 1.165) is 31.5 Å². The van der Waals surface area contributed by atoms with E-state index in [1.54, 1.807) is 12.1 Å². The van der Waals surface area contributed by atoms with Gasteiger partial charge in [0, 0.05) is 31.8 Å². The van der Waals surface area contributed by atoms with E-state index in [4.69, 9.17) is 4.74 Å². The number of nitrogens with zero attached hydrogens (tertiary/aromatic N) is 2. The topological polar surface area (TPSA) is 55.6 Å². The van der Waals surface area contributed by atoms with Gasteiger partial charge < -0.3 is 4.74 Å². The van der Waals surface area contributed by atoms with Crippen LogP contribution >= 0.6 is 0 Å². The number of hydrogen-bond donors (Lipinski definition) is 0. The maximum absolute atomic E-state index is 10.6. The second-order valence-corrected chi connectivity index (χ2v) is 5.81. The Morgan fingerprint density at radius 3 is 2.40 bits per heavy atom. The van der Waals surface area contributed by atoms with E-state index in [2.05, 4.69) is 18.7 Å². The lowest BCUT2D eigenvalue weighted by Gasteiger charge is -2.34. The van der Waals surface area contributed by atoms with Crippen LogP contribution in [-0.2, 0) is 0 Å². The van der Waals surface area contributed by atoms with Crippen LogP contribution in [0.4, 0.5) is 5.69 Å². The molecule has 5 nitrogen and oxygen atoms in total. The number of benzene rings is 1. The molecule has 2 unspecified atom stereocenters. The first-order valence-electron chi connectivity index (χ1n) is 7.14. The van der Waals surface area contributed by atoms with Crippen molar-refractivity contribution in [3.05, 3.63) is 34.4 Å². The zero-order valence-electron chi connectivity index (χ0n) is 12.1. The smallest absolute Gasteiger partial charge is 0.269 e. The Bertz CT molecular complexity index is 437. The van der Waals surface area contributed by atoms with Gasteiger partial charge in [-0.1, -0.05) is 13.8 Å². The fourth-order valence-corrected chi connectivity index (χ4v) is 2.93. The van der Waals surface area contributed by atoms with E-state index in [-0.39, 0.29) is 5.69 Å². The van der Waals surface area contributed by atoms with E-state index in [1.807, 2.05) is 0 Å². The Balaban J connectivity index is 1.76. The van der Waals surface area contributed by atoms with E-state index < -0.39 is 4.92 Å². The number of hydrogen-bond acceptors (Lipinski definition) is 4. The number of likely N-dealkylation sites (tertiary alicyclic amines) is 1. The minimum Gasteiger partial charge on any atom is -0.492 e. The van der Waals surface area contributed by atoms with Crippen molar-refractivity contribution in [2.75, 3.05) is 26.2 Å². The molecule has 1 aromatic carbocycles. The summed E-state index contributed by atoms with van der Waals surface area (Å²) in [6.45, 7) is 8.38. The van der Waals surface area contributed by atoms with Gasteiger partial charge in [-0.2, -0.15) is 0 Å². The van der Waals surface area contributed by atoms with E-state index in [1.165, 1.54) is 18.6 Å². The summed E-state index contributed by atoms with van der Waals surface area (Å²) in [6.07, 6.45) is 1.31. The summed E-state index contributed by atoms with van der Waals surface area (Å²) in [4.78, 5) is 12.6. The number of non-ortho nitro benzene ring substituents is 1. The number of ether oxygens (including phenoxy) is 1. The summed E-state index contributed by atoms with van der Waals surface area (Å²) in [5, 5.41) is 10.6. The average Bonchev–Trinajstić information content (AvgIpc) is 2.38. The van der Waals surface area contributed by atoms with Gasteiger partial charge in [0.2, 0.25) is 0 Å². The van der Waals surface area contributed by atoms with Gasteiger partial charge >= 0.3 is 0 Å². The molecule has 110 valence electrons. The normalized spacial score (nSPS) is 23.5. The van der Waals surface area contributed by atoms with Crippen molar-refractivity contribution >= 4 is 5.69 Å². The third-order valence-electron chi connectivity index (χ3n) is 3.67. The summed E-state index contributed by atoms with van der Waals surface area (Å²) >= 11 is 0. The predicted octanol–water partition coefficient (Wildman–Crippen LogP) is 2.95. The maximum Gasteiger partial charge on any atom is 0.269 e. The zero-order valence-corrected chi connectivity index (χ0v) is 12.1. The monoisotopic (exact) mass is 278 g/mol. The molecule has 0 bridgehead atoms. The number of nitro benzene ring substituents is 1. The quantitative estimate of drug-likeness (QED) is 0.614. The fourth-order valence-electron chi connectivity index (χ4n) is 2.93. The van der Waals surface area contributed by atoms with E-state index in [0.29, 0.717) is 12.4 Å². The van der Waals surface area contributed by atoms with E-state index >= 15 is 0 Å². The molecule has 0 aliphatic carbocycles. The summed E-state index contributed by atoms with van der Waals surface area (Å²) in [5.41, 5.74) is 0.0935. The lowest BCUT2D eigenvalue weighted by Crippen LogP contribution is -2.40. The van der Waals surface area contributed by atoms with Gasteiger partial charge in [0.1, 0.15) is 12.4 Å². The molecule has 1 aliphatic rings. The number of rotatable bonds is 5. The maximum atomic E-state index is 10.6. The summed E-state index contributed by atoms with van der Waals surface area (Å²) < 4.78 is 5.65. The second-order valence-electron chi connectivity index (χ2n) is 5.81. The van der Waals surface area contributed by atoms with Crippen molar-refractivity contribution in [3.8, 4) is 5.75 Å². The lowest BCUT2D eigenvalue weighted by atomic mass is 9.92. The van der Waals surface area contributed by atoms with E-state index in [9.17, 15) is 10.1 Å². The molecule has 0 radical (unpaired) electrons. The van der Waals surface area contributed by atoms with Gasteiger partial charge in [-0.3, -0.25) is 15.0 Å². The van der Waals surface area contributed by atoms with Crippen LogP contribution in [0.15, 0.2) is 24.3 Å². The Labute approximate surface area is 119 Å². The van der Waals surface area contributed by atoms with Crippen LogP contribution in [0.5, 0.6) is 5.75 Å². The van der Waals surface area contributed by atoms with Crippen molar-refractivity contribution in [1.29, 1.82) is 0 Å². The van der Waals surface area contributed by atoms with Gasteiger partial charge in [-0.15, -0.1) is 0 Å². The van der Waals surface area contributed by atoms with Crippen molar-refractivity contribution in [3.63, 3.8) is 0 Å². The molecule has 5 heteroatoms. The van der Waals surface area contributed by atoms with Crippen LogP contribution < -0.4 is 4.74 Å². The highest BCUT2D eigenvalue weighted by molar-refractivity contribution is 5.35. The molecule has 2 rings (SSSR count). The highest BCUT2D eigenvalue weighted by Gasteiger charge is 2.21. The van der Waals surface area contributed by atoms with Gasteiger partial charge in [0.25, 0.3) is 5.69 Å². The van der Waals surface area contributed by atoms with Gasteiger partial charge in [0.15, 0.2) is 0 Å². The molecule has 20 heavy (non-hydrogen) atoms. The van der Waals surface area contributed by atoms with Crippen LogP contribution in [0.1, 0.15) is 20.3 Å². The molecule has 0 amide bonds. The van der Waals surface area contributed by atoms with Crippen molar-refractivity contribution in [1.82, 2.24) is 4.90 Å². The molecule has 0 saturated carbocycles. The van der Waals surface area contributed by atoms with Crippen molar-refractivity contribution in [2.24, 2.45) is 11.8 Å². The summed E-state index contributed by atoms with van der Waals surface area (Å²) in [6, 6.07) is 6.25. The van der Waals surface area contributed by atoms with Crippen LogP contribution in [0.3, 0.4) is 0 Å². The fraction of sp³-hybridized carbons (Fsp3) is 0.600. The Hall–Kier alpha value is -1.62. The highest BCUT2D eigenvalue weighted by atomic mass is 16.6. The molecule has 2 atom stereocenters. The first-order valence-corrected chi connectivity index (χ1v) is 7.14. The lowest BCUT2D eigenvalue weighted by molar-refractivity contribution is -0.384. The molecule has 0 spiro atoms. The van der Waals surface area contributed by atoms with Crippen LogP contribution in [0.25, 0.3) is 0 Å². The van der Waals surface area contributed by atoms with Gasteiger partial charge in [-0.25, -0.2) is 0 Å². The van der Waals surface area contributed by atoms with Crippen LogP contribution in [0, 0.1) is 22.0 Å². The summed E-state index contributed by atoms with van der Waals surface area (Å²) in [5.74, 6) is 2.19. The molecule has 1 fully saturated rings. The van der Waals surface area contributed by atoms with Gasteiger partial charge in [0.05, 0.1) is 4.92 Å². The summed E-state index contributed by atoms with van der Waals surface area (Å²) in [7, 11) is 0.